The SMILES string of the molecule is Cc1nc2sc(C(c3cccc(Br)c3)N3CCc4ccccc4C3)c(O)n2n1. The monoisotopic (exact) mass is 454 g/mol. The molecule has 5 nitrogen and oxygen atoms in total. The second kappa shape index (κ2) is 6.99. The van der Waals surface area contributed by atoms with E-state index < -0.39 is 0 Å². The van der Waals surface area contributed by atoms with E-state index in [1.807, 2.05) is 19.1 Å². The molecule has 1 aliphatic rings. The topological polar surface area (TPSA) is 53.7 Å². The summed E-state index contributed by atoms with van der Waals surface area (Å²) in [6.07, 6.45) is 1.00. The Morgan fingerprint density at radius 2 is 1.96 bits per heavy atom. The first-order valence-corrected chi connectivity index (χ1v) is 10.8. The van der Waals surface area contributed by atoms with Crippen LogP contribution >= 0.6 is 27.3 Å². The largest absolute Gasteiger partial charge is 0.492 e. The van der Waals surface area contributed by atoms with Crippen LogP contribution in [0.1, 0.15) is 33.4 Å². The van der Waals surface area contributed by atoms with Gasteiger partial charge in [0.1, 0.15) is 5.82 Å². The van der Waals surface area contributed by atoms with Crippen LogP contribution in [0, 0.1) is 6.92 Å². The number of aromatic nitrogens is 3. The second-order valence-corrected chi connectivity index (χ2v) is 9.01. The highest BCUT2D eigenvalue weighted by Gasteiger charge is 2.31. The van der Waals surface area contributed by atoms with E-state index in [2.05, 4.69) is 67.3 Å². The molecule has 0 fully saturated rings. The Morgan fingerprint density at radius 1 is 1.14 bits per heavy atom. The third-order valence-corrected chi connectivity index (χ3v) is 6.81. The number of aromatic hydroxyl groups is 1. The minimum atomic E-state index is -0.0559. The van der Waals surface area contributed by atoms with E-state index in [1.54, 1.807) is 4.52 Å². The molecule has 1 atom stereocenters. The average molecular weight is 455 g/mol. The number of nitrogens with zero attached hydrogens (tertiary/aromatic N) is 4. The minimum Gasteiger partial charge on any atom is -0.492 e. The zero-order valence-electron chi connectivity index (χ0n) is 15.3. The molecule has 0 amide bonds. The van der Waals surface area contributed by atoms with Gasteiger partial charge in [-0.05, 0) is 42.2 Å². The van der Waals surface area contributed by atoms with Crippen LogP contribution in [0.4, 0.5) is 0 Å². The first-order chi connectivity index (χ1) is 13.6. The number of benzene rings is 2. The Morgan fingerprint density at radius 3 is 2.75 bits per heavy atom. The van der Waals surface area contributed by atoms with Crippen molar-refractivity contribution in [3.8, 4) is 5.88 Å². The predicted molar refractivity (Wildman–Crippen MR) is 114 cm³/mol. The van der Waals surface area contributed by atoms with Crippen LogP contribution < -0.4 is 0 Å². The third kappa shape index (κ3) is 3.03. The van der Waals surface area contributed by atoms with Gasteiger partial charge in [0.15, 0.2) is 0 Å². The second-order valence-electron chi connectivity index (χ2n) is 7.09. The molecule has 2 aromatic carbocycles. The summed E-state index contributed by atoms with van der Waals surface area (Å²) < 4.78 is 2.58. The molecule has 1 unspecified atom stereocenters. The molecule has 0 radical (unpaired) electrons. The summed E-state index contributed by atoms with van der Waals surface area (Å²) in [6, 6.07) is 16.9. The number of aryl methyl sites for hydroxylation is 1. The molecule has 2 aromatic heterocycles. The zero-order chi connectivity index (χ0) is 19.3. The van der Waals surface area contributed by atoms with E-state index in [-0.39, 0.29) is 11.9 Å². The standard InChI is InChI=1S/C21H19BrN4OS/c1-13-23-21-26(24-13)20(27)19(28-21)18(15-7-4-8-17(22)11-15)25-10-9-14-5-2-3-6-16(14)12-25/h2-8,11,18,27H,9-10,12H2,1H3. The van der Waals surface area contributed by atoms with Gasteiger partial charge in [-0.1, -0.05) is 63.7 Å². The molecule has 4 aromatic rings. The van der Waals surface area contributed by atoms with E-state index in [9.17, 15) is 5.11 Å². The maximum absolute atomic E-state index is 11.0. The van der Waals surface area contributed by atoms with Gasteiger partial charge >= 0.3 is 0 Å². The summed E-state index contributed by atoms with van der Waals surface area (Å²) in [5.74, 6) is 0.850. The first-order valence-electron chi connectivity index (χ1n) is 9.21. The van der Waals surface area contributed by atoms with E-state index in [0.717, 1.165) is 39.4 Å². The van der Waals surface area contributed by atoms with Crippen molar-refractivity contribution >= 4 is 32.2 Å². The number of hydrogen-bond donors (Lipinski definition) is 1. The maximum atomic E-state index is 11.0. The van der Waals surface area contributed by atoms with Gasteiger partial charge in [-0.25, -0.2) is 4.98 Å². The quantitative estimate of drug-likeness (QED) is 0.486. The Labute approximate surface area is 175 Å². The summed E-state index contributed by atoms with van der Waals surface area (Å²) in [7, 11) is 0. The van der Waals surface area contributed by atoms with Gasteiger partial charge < -0.3 is 5.11 Å². The van der Waals surface area contributed by atoms with E-state index in [4.69, 9.17) is 0 Å². The van der Waals surface area contributed by atoms with Crippen molar-refractivity contribution in [1.82, 2.24) is 19.5 Å². The molecular formula is C21H19BrN4OS. The van der Waals surface area contributed by atoms with Gasteiger partial charge in [0.05, 0.1) is 10.9 Å². The molecule has 7 heteroatoms. The van der Waals surface area contributed by atoms with Crippen LogP contribution in [0.2, 0.25) is 0 Å². The Bertz CT molecular complexity index is 1170. The Balaban J connectivity index is 1.63. The van der Waals surface area contributed by atoms with Crippen molar-refractivity contribution in [2.24, 2.45) is 0 Å². The number of fused-ring (bicyclic) bond motifs is 2. The molecule has 5 rings (SSSR count). The van der Waals surface area contributed by atoms with Crippen molar-refractivity contribution in [2.45, 2.75) is 25.9 Å². The fraction of sp³-hybridized carbons (Fsp3) is 0.238. The lowest BCUT2D eigenvalue weighted by Gasteiger charge is -2.35. The first kappa shape index (κ1) is 17.8. The Kier molecular flexibility index (Phi) is 4.45. The fourth-order valence-corrected chi connectivity index (χ4v) is 5.55. The highest BCUT2D eigenvalue weighted by Crippen LogP contribution is 2.42. The summed E-state index contributed by atoms with van der Waals surface area (Å²) in [5, 5.41) is 15.3. The molecule has 0 saturated carbocycles. The van der Waals surface area contributed by atoms with Gasteiger partial charge in [-0.15, -0.1) is 5.10 Å². The molecule has 0 aliphatic carbocycles. The molecule has 0 spiro atoms. The highest BCUT2D eigenvalue weighted by molar-refractivity contribution is 9.10. The van der Waals surface area contributed by atoms with Crippen LogP contribution in [-0.4, -0.2) is 31.1 Å². The molecule has 1 N–H and O–H groups in total. The van der Waals surface area contributed by atoms with Crippen molar-refractivity contribution in [3.05, 3.63) is 80.4 Å². The van der Waals surface area contributed by atoms with E-state index >= 15 is 0 Å². The van der Waals surface area contributed by atoms with Crippen molar-refractivity contribution in [2.75, 3.05) is 6.54 Å². The van der Waals surface area contributed by atoms with Gasteiger partial charge in [0.2, 0.25) is 10.8 Å². The number of halogens is 1. The van der Waals surface area contributed by atoms with Crippen LogP contribution in [-0.2, 0) is 13.0 Å². The summed E-state index contributed by atoms with van der Waals surface area (Å²) in [4.78, 5) is 8.49. The Hall–Kier alpha value is -2.22. The summed E-state index contributed by atoms with van der Waals surface area (Å²) in [5.41, 5.74) is 3.91. The predicted octanol–water partition coefficient (Wildman–Crippen LogP) is 4.72. The summed E-state index contributed by atoms with van der Waals surface area (Å²) in [6.45, 7) is 3.62. The van der Waals surface area contributed by atoms with E-state index in [1.165, 1.54) is 22.5 Å². The number of hydrogen-bond acceptors (Lipinski definition) is 5. The summed E-state index contributed by atoms with van der Waals surface area (Å²) >= 11 is 5.11. The van der Waals surface area contributed by atoms with Crippen LogP contribution in [0.15, 0.2) is 53.0 Å². The van der Waals surface area contributed by atoms with E-state index in [0.29, 0.717) is 5.82 Å². The third-order valence-electron chi connectivity index (χ3n) is 5.24. The lowest BCUT2D eigenvalue weighted by atomic mass is 9.96. The van der Waals surface area contributed by atoms with Crippen LogP contribution in [0.25, 0.3) is 4.96 Å². The molecule has 142 valence electrons. The van der Waals surface area contributed by atoms with Crippen LogP contribution in [0.3, 0.4) is 0 Å². The van der Waals surface area contributed by atoms with Gasteiger partial charge in [-0.3, -0.25) is 4.90 Å². The normalized spacial score (nSPS) is 15.6. The van der Waals surface area contributed by atoms with Crippen LogP contribution in [0.5, 0.6) is 5.88 Å². The van der Waals surface area contributed by atoms with Crippen molar-refractivity contribution in [3.63, 3.8) is 0 Å². The lowest BCUT2D eigenvalue weighted by molar-refractivity contribution is 0.205. The zero-order valence-corrected chi connectivity index (χ0v) is 17.7. The van der Waals surface area contributed by atoms with Gasteiger partial charge in [0, 0.05) is 17.6 Å². The molecule has 3 heterocycles. The molecular weight excluding hydrogens is 436 g/mol. The van der Waals surface area contributed by atoms with Gasteiger partial charge in [-0.2, -0.15) is 4.52 Å². The van der Waals surface area contributed by atoms with Gasteiger partial charge in [0.25, 0.3) is 0 Å². The minimum absolute atomic E-state index is 0.0559. The molecule has 1 aliphatic heterocycles. The molecule has 0 bridgehead atoms. The fourth-order valence-electron chi connectivity index (χ4n) is 3.97. The molecule has 0 saturated heterocycles. The number of thiazole rings is 1. The maximum Gasteiger partial charge on any atom is 0.230 e. The molecule has 28 heavy (non-hydrogen) atoms. The average Bonchev–Trinajstić information content (AvgIpc) is 3.20. The lowest BCUT2D eigenvalue weighted by Crippen LogP contribution is -2.34. The van der Waals surface area contributed by atoms with Crippen molar-refractivity contribution < 1.29 is 5.11 Å². The highest BCUT2D eigenvalue weighted by atomic mass is 79.9. The smallest absolute Gasteiger partial charge is 0.230 e. The number of rotatable bonds is 3. The van der Waals surface area contributed by atoms with Crippen molar-refractivity contribution in [1.29, 1.82) is 0 Å².